The van der Waals surface area contributed by atoms with Crippen molar-refractivity contribution in [1.29, 1.82) is 0 Å². The molecule has 0 bridgehead atoms. The molecule has 0 nitrogen and oxygen atoms in total. The zero-order valence-corrected chi connectivity index (χ0v) is 35.6. The maximum absolute atomic E-state index is 3.96. The molecule has 1 spiro atoms. The Bertz CT molecular complexity index is 3750. The predicted octanol–water partition coefficient (Wildman–Crippen LogP) is 17.3. The van der Waals surface area contributed by atoms with Crippen molar-refractivity contribution in [2.75, 3.05) is 0 Å². The fourth-order valence-electron chi connectivity index (χ4n) is 11.8. The molecule has 2 aliphatic carbocycles. The molecule has 0 fully saturated rings. The molecule has 0 amide bonds. The SMILES string of the molecule is C=C/C=C(\C=C/C)c1ccc(-c2c3ccccc3c(-c3ccc4c5c(c6ccccc6c4c3)-c3cc4ccccc4cc3C53c4ccccc4-c4ccccc43)c3ccccc23)cc1. The molecule has 0 aromatic heterocycles. The fourth-order valence-corrected chi connectivity index (χ4v) is 11.8. The van der Waals surface area contributed by atoms with E-state index in [0.29, 0.717) is 0 Å². The summed E-state index contributed by atoms with van der Waals surface area (Å²) in [5.74, 6) is 0. The highest BCUT2D eigenvalue weighted by molar-refractivity contribution is 6.24. The van der Waals surface area contributed by atoms with Crippen LogP contribution in [0.4, 0.5) is 0 Å². The standard InChI is InChI=1S/C64H42/c1-3-17-40(18-4-2)41-31-33-42(34-32-41)60-50-25-9-11-27-52(50)61(53-28-12-10-26-51(53)60)45-35-36-54-55(38-45)46-21-7-8-24-49(46)62-56-37-43-19-5-6-20-44(43)39-59(56)64(63(54)62)57-29-15-13-22-47(57)48-23-14-16-30-58(48)64/h3-39H,1H2,2H3/b18-4-,40-17+. The van der Waals surface area contributed by atoms with Gasteiger partial charge in [-0.05, 0) is 157 Å². The van der Waals surface area contributed by atoms with Gasteiger partial charge < -0.3 is 0 Å². The van der Waals surface area contributed by atoms with E-state index in [1.54, 1.807) is 0 Å². The topological polar surface area (TPSA) is 0 Å². The van der Waals surface area contributed by atoms with E-state index in [2.05, 4.69) is 232 Å². The average molecular weight is 811 g/mol. The summed E-state index contributed by atoms with van der Waals surface area (Å²) in [6.45, 7) is 6.02. The van der Waals surface area contributed by atoms with Gasteiger partial charge in [-0.3, -0.25) is 0 Å². The summed E-state index contributed by atoms with van der Waals surface area (Å²) >= 11 is 0. The number of allylic oxidation sites excluding steroid dienone is 5. The van der Waals surface area contributed by atoms with Crippen LogP contribution in [0.15, 0.2) is 231 Å². The van der Waals surface area contributed by atoms with Gasteiger partial charge in [0.15, 0.2) is 0 Å². The Morgan fingerprint density at radius 1 is 0.406 bits per heavy atom. The molecule has 0 N–H and O–H groups in total. The molecule has 2 aliphatic rings. The van der Waals surface area contributed by atoms with Crippen LogP contribution in [0.2, 0.25) is 0 Å². The Labute approximate surface area is 373 Å². The van der Waals surface area contributed by atoms with Gasteiger partial charge in [0.2, 0.25) is 0 Å². The van der Waals surface area contributed by atoms with Gasteiger partial charge in [0, 0.05) is 0 Å². The van der Waals surface area contributed by atoms with Crippen molar-refractivity contribution in [3.05, 3.63) is 259 Å². The van der Waals surface area contributed by atoms with Crippen molar-refractivity contribution < 1.29 is 0 Å². The summed E-state index contributed by atoms with van der Waals surface area (Å²) in [5.41, 5.74) is 17.6. The normalized spacial score (nSPS) is 13.6. The van der Waals surface area contributed by atoms with Crippen molar-refractivity contribution in [2.24, 2.45) is 0 Å². The third-order valence-corrected chi connectivity index (χ3v) is 14.3. The van der Waals surface area contributed by atoms with Crippen molar-refractivity contribution in [1.82, 2.24) is 0 Å². The van der Waals surface area contributed by atoms with Crippen LogP contribution < -0.4 is 0 Å². The molecule has 11 aromatic carbocycles. The molecule has 298 valence electrons. The maximum atomic E-state index is 3.96. The molecule has 0 saturated heterocycles. The van der Waals surface area contributed by atoms with Gasteiger partial charge in [-0.15, -0.1) is 0 Å². The van der Waals surface area contributed by atoms with E-state index in [1.807, 2.05) is 6.08 Å². The Kier molecular flexibility index (Phi) is 7.99. The lowest BCUT2D eigenvalue weighted by Gasteiger charge is -2.32. The zero-order valence-electron chi connectivity index (χ0n) is 35.6. The van der Waals surface area contributed by atoms with Crippen LogP contribution in [0.3, 0.4) is 0 Å². The first kappa shape index (κ1) is 36.6. The van der Waals surface area contributed by atoms with Crippen LogP contribution in [0.25, 0.3) is 104 Å². The maximum Gasteiger partial charge on any atom is 0.0731 e. The van der Waals surface area contributed by atoms with Crippen molar-refractivity contribution in [2.45, 2.75) is 12.3 Å². The molecular formula is C64H42. The Morgan fingerprint density at radius 3 is 1.50 bits per heavy atom. The van der Waals surface area contributed by atoms with Gasteiger partial charge >= 0.3 is 0 Å². The predicted molar refractivity (Wildman–Crippen MR) is 274 cm³/mol. The molecule has 0 heterocycles. The Hall–Kier alpha value is -8.06. The van der Waals surface area contributed by atoms with Crippen LogP contribution in [0.1, 0.15) is 34.7 Å². The highest BCUT2D eigenvalue weighted by atomic mass is 14.5. The van der Waals surface area contributed by atoms with E-state index in [-0.39, 0.29) is 0 Å². The second kappa shape index (κ2) is 14.0. The van der Waals surface area contributed by atoms with E-state index >= 15 is 0 Å². The summed E-state index contributed by atoms with van der Waals surface area (Å²) in [5, 5.41) is 12.7. The smallest absolute Gasteiger partial charge is 0.0731 e. The number of hydrogen-bond donors (Lipinski definition) is 0. The number of rotatable bonds is 5. The van der Waals surface area contributed by atoms with Crippen molar-refractivity contribution >= 4 is 59.4 Å². The van der Waals surface area contributed by atoms with Crippen molar-refractivity contribution in [3.63, 3.8) is 0 Å². The van der Waals surface area contributed by atoms with Gasteiger partial charge in [-0.25, -0.2) is 0 Å². The molecule has 11 aromatic rings. The minimum absolute atomic E-state index is 0.489. The number of benzene rings is 11. The Morgan fingerprint density at radius 2 is 0.906 bits per heavy atom. The minimum atomic E-state index is -0.489. The van der Waals surface area contributed by atoms with Gasteiger partial charge in [0.1, 0.15) is 0 Å². The van der Waals surface area contributed by atoms with Gasteiger partial charge in [0.05, 0.1) is 5.41 Å². The second-order valence-corrected chi connectivity index (χ2v) is 17.4. The van der Waals surface area contributed by atoms with Crippen LogP contribution >= 0.6 is 0 Å². The lowest BCUT2D eigenvalue weighted by Crippen LogP contribution is -2.26. The summed E-state index contributed by atoms with van der Waals surface area (Å²) in [6, 6.07) is 75.8. The van der Waals surface area contributed by atoms with Crippen molar-refractivity contribution in [3.8, 4) is 44.5 Å². The molecule has 0 atom stereocenters. The molecular weight excluding hydrogens is 769 g/mol. The third kappa shape index (κ3) is 4.94. The van der Waals surface area contributed by atoms with E-state index in [4.69, 9.17) is 0 Å². The van der Waals surface area contributed by atoms with Crippen LogP contribution in [-0.2, 0) is 5.41 Å². The first-order valence-electron chi connectivity index (χ1n) is 22.4. The monoisotopic (exact) mass is 810 g/mol. The van der Waals surface area contributed by atoms with Gasteiger partial charge in [-0.1, -0.05) is 213 Å². The molecule has 0 aliphatic heterocycles. The number of hydrogen-bond acceptors (Lipinski definition) is 0. The summed E-state index contributed by atoms with van der Waals surface area (Å²) in [6.07, 6.45) is 8.15. The van der Waals surface area contributed by atoms with Crippen LogP contribution in [0.5, 0.6) is 0 Å². The highest BCUT2D eigenvalue weighted by Gasteiger charge is 2.53. The first-order valence-corrected chi connectivity index (χ1v) is 22.4. The summed E-state index contributed by atoms with van der Waals surface area (Å²) in [7, 11) is 0. The van der Waals surface area contributed by atoms with E-state index in [9.17, 15) is 0 Å². The zero-order chi connectivity index (χ0) is 42.5. The lowest BCUT2D eigenvalue weighted by atomic mass is 9.69. The molecule has 0 saturated carbocycles. The molecule has 0 heteroatoms. The molecule has 13 rings (SSSR count). The largest absolute Gasteiger partial charge is 0.0990 e. The quantitative estimate of drug-likeness (QED) is 0.0923. The van der Waals surface area contributed by atoms with Crippen LogP contribution in [0, 0.1) is 0 Å². The minimum Gasteiger partial charge on any atom is -0.0990 e. The summed E-state index contributed by atoms with van der Waals surface area (Å²) < 4.78 is 0. The first-order chi connectivity index (χ1) is 31.7. The van der Waals surface area contributed by atoms with E-state index < -0.39 is 5.41 Å². The molecule has 64 heavy (non-hydrogen) atoms. The number of fused-ring (bicyclic) bond motifs is 18. The van der Waals surface area contributed by atoms with E-state index in [1.165, 1.54) is 126 Å². The Balaban J connectivity index is 1.12. The third-order valence-electron chi connectivity index (χ3n) is 14.3. The fraction of sp³-hybridized carbons (Fsp3) is 0.0312. The average Bonchev–Trinajstić information content (AvgIpc) is 3.82. The van der Waals surface area contributed by atoms with Crippen LogP contribution in [-0.4, -0.2) is 0 Å². The molecule has 0 radical (unpaired) electrons. The second-order valence-electron chi connectivity index (χ2n) is 17.4. The van der Waals surface area contributed by atoms with E-state index in [0.717, 1.165) is 5.57 Å². The lowest BCUT2D eigenvalue weighted by molar-refractivity contribution is 0.803. The van der Waals surface area contributed by atoms with Gasteiger partial charge in [0.25, 0.3) is 0 Å². The highest BCUT2D eigenvalue weighted by Crippen LogP contribution is 2.66. The molecule has 0 unspecified atom stereocenters. The summed E-state index contributed by atoms with van der Waals surface area (Å²) in [4.78, 5) is 0. The van der Waals surface area contributed by atoms with Gasteiger partial charge in [-0.2, -0.15) is 0 Å².